The number of carbonyl (C=O) groups excluding carboxylic acids is 3. The molecule has 2 amide bonds. The van der Waals surface area contributed by atoms with E-state index in [4.69, 9.17) is 19.5 Å². The third-order valence-electron chi connectivity index (χ3n) is 9.63. The average molecular weight is 1000 g/mol. The minimum atomic E-state index is -5.58. The van der Waals surface area contributed by atoms with Crippen LogP contribution < -0.4 is 16.4 Å². The molecule has 2 aromatic heterocycles. The van der Waals surface area contributed by atoms with Crippen LogP contribution in [0.3, 0.4) is 0 Å². The van der Waals surface area contributed by atoms with Gasteiger partial charge in [-0.2, -0.15) is 4.31 Å². The molecule has 3 rings (SSSR count). The molecule has 1 fully saturated rings. The Hall–Kier alpha value is -2.96. The quantitative estimate of drug-likeness (QED) is 0.0225. The molecule has 1 saturated heterocycles. The van der Waals surface area contributed by atoms with E-state index in [2.05, 4.69) is 53.5 Å². The van der Waals surface area contributed by atoms with Crippen molar-refractivity contribution in [1.29, 1.82) is 0 Å². The maximum atomic E-state index is 12.7. The predicted molar refractivity (Wildman–Crippen MR) is 237 cm³/mol. The first-order chi connectivity index (χ1) is 30.6. The van der Waals surface area contributed by atoms with Crippen LogP contribution in [0.1, 0.15) is 97.6 Å². The van der Waals surface area contributed by atoms with Crippen LogP contribution in [0.15, 0.2) is 37.0 Å². The summed E-state index contributed by atoms with van der Waals surface area (Å²) in [5, 5.41) is 26.4. The molecular formula is C37H62N7O17P3S. The molecular weight excluding hydrogens is 939 g/mol. The number of nitrogens with two attached hydrogens (primary N) is 1. The summed E-state index contributed by atoms with van der Waals surface area (Å²) in [6.07, 6.45) is 12.3. The number of hydrogen-bond acceptors (Lipinski definition) is 18. The number of unbranched alkanes of at least 4 members (excludes halogenated alkanes) is 8. The zero-order valence-electron chi connectivity index (χ0n) is 36.5. The summed E-state index contributed by atoms with van der Waals surface area (Å²) >= 11 is 1.06. The summed E-state index contributed by atoms with van der Waals surface area (Å²) in [5.74, 6) is -1.11. The molecule has 1 aliphatic heterocycles. The van der Waals surface area contributed by atoms with Gasteiger partial charge in [-0.15, -0.1) is 0 Å². The number of fused-ring (bicyclic) bond motifs is 1. The van der Waals surface area contributed by atoms with Crippen molar-refractivity contribution in [3.63, 3.8) is 0 Å². The van der Waals surface area contributed by atoms with Crippen LogP contribution >= 0.6 is 35.2 Å². The van der Waals surface area contributed by atoms with Gasteiger partial charge in [0.2, 0.25) is 16.9 Å². The summed E-state index contributed by atoms with van der Waals surface area (Å²) in [6, 6.07) is 0. The van der Waals surface area contributed by atoms with Gasteiger partial charge in [0, 0.05) is 30.7 Å². The lowest BCUT2D eigenvalue weighted by Crippen LogP contribution is -2.46. The summed E-state index contributed by atoms with van der Waals surface area (Å²) in [5.41, 5.74) is 4.27. The maximum absolute atomic E-state index is 12.7. The Morgan fingerprint density at radius 3 is 2.25 bits per heavy atom. The molecule has 0 aliphatic carbocycles. The van der Waals surface area contributed by atoms with Crippen molar-refractivity contribution < 1.29 is 80.5 Å². The smallest absolute Gasteiger partial charge is 0.386 e. The van der Waals surface area contributed by atoms with Crippen LogP contribution in [0.2, 0.25) is 0 Å². The first kappa shape index (κ1) is 56.4. The topological polar surface area (TPSA) is 364 Å². The zero-order valence-corrected chi connectivity index (χ0v) is 40.0. The molecule has 0 spiro atoms. The van der Waals surface area contributed by atoms with E-state index in [0.29, 0.717) is 5.75 Å². The van der Waals surface area contributed by atoms with Gasteiger partial charge in [0.15, 0.2) is 17.7 Å². The summed E-state index contributed by atoms with van der Waals surface area (Å²) in [6.45, 7) is 2.71. The minimum Gasteiger partial charge on any atom is -0.386 e. The highest BCUT2D eigenvalue weighted by Gasteiger charge is 2.50. The predicted octanol–water partition coefficient (Wildman–Crippen LogP) is 3.70. The number of thioether (sulfide) groups is 1. The SMILES string of the molecule is CCCCCC/C=C\CCCCC/C=C/C(=O)SCCNC(=O)CCNC(=O)[C@H](O)C(C)(C)COP(=O)(O)OP(=O)(O)OC[C@H]1O[C@@H](n2cnc3c(N)ncnc32)[C@H](O)[C@@H]1OP(=O)(O)O. The van der Waals surface area contributed by atoms with Gasteiger partial charge >= 0.3 is 23.5 Å². The van der Waals surface area contributed by atoms with Crippen molar-refractivity contribution >= 4 is 69.1 Å². The zero-order chi connectivity index (χ0) is 48.3. The number of aromatic nitrogens is 4. The number of phosphoric ester groups is 3. The molecule has 0 radical (unpaired) electrons. The van der Waals surface area contributed by atoms with Gasteiger partial charge < -0.3 is 50.9 Å². The maximum Gasteiger partial charge on any atom is 0.481 e. The fourth-order valence-corrected chi connectivity index (χ4v) is 9.56. The number of anilines is 1. The molecule has 65 heavy (non-hydrogen) atoms. The van der Waals surface area contributed by atoms with E-state index in [9.17, 15) is 57.9 Å². The van der Waals surface area contributed by atoms with E-state index in [-0.39, 0.29) is 41.6 Å². The first-order valence-electron chi connectivity index (χ1n) is 20.9. The van der Waals surface area contributed by atoms with E-state index in [1.165, 1.54) is 45.6 Å². The fourth-order valence-electron chi connectivity index (χ4n) is 6.14. The number of carbonyl (C=O) groups is 3. The number of amides is 2. The van der Waals surface area contributed by atoms with Crippen molar-refractivity contribution in [2.75, 3.05) is 37.8 Å². The second-order valence-corrected chi connectivity index (χ2v) is 20.9. The van der Waals surface area contributed by atoms with Crippen LogP contribution in [0.4, 0.5) is 5.82 Å². The molecule has 0 aromatic carbocycles. The number of phosphoric acid groups is 3. The normalized spacial score (nSPS) is 20.6. The monoisotopic (exact) mass is 1000 g/mol. The number of hydrogen-bond donors (Lipinski definition) is 9. The Kier molecular flexibility index (Phi) is 23.5. The van der Waals surface area contributed by atoms with Gasteiger partial charge in [0.25, 0.3) is 0 Å². The van der Waals surface area contributed by atoms with E-state index in [0.717, 1.165) is 67.5 Å². The van der Waals surface area contributed by atoms with Crippen molar-refractivity contribution in [3.05, 3.63) is 37.0 Å². The lowest BCUT2D eigenvalue weighted by atomic mass is 9.87. The highest BCUT2D eigenvalue weighted by Crippen LogP contribution is 2.61. The van der Waals surface area contributed by atoms with Crippen molar-refractivity contribution in [1.82, 2.24) is 30.2 Å². The molecule has 7 atom stereocenters. The average Bonchev–Trinajstić information content (AvgIpc) is 3.79. The number of rotatable bonds is 31. The summed E-state index contributed by atoms with van der Waals surface area (Å²) in [7, 11) is -16.4. The number of nitrogen functional groups attached to an aromatic ring is 1. The third kappa shape index (κ3) is 20.4. The number of imidazole rings is 1. The Morgan fingerprint density at radius 1 is 0.938 bits per heavy atom. The molecule has 2 aromatic rings. The molecule has 1 aliphatic rings. The van der Waals surface area contributed by atoms with E-state index >= 15 is 0 Å². The van der Waals surface area contributed by atoms with Crippen LogP contribution in [-0.2, 0) is 50.7 Å². The Labute approximate surface area is 381 Å². The van der Waals surface area contributed by atoms with Gasteiger partial charge in [-0.05, 0) is 44.6 Å². The third-order valence-corrected chi connectivity index (χ3v) is 13.6. The van der Waals surface area contributed by atoms with Crippen molar-refractivity contribution in [2.45, 2.75) is 122 Å². The fraction of sp³-hybridized carbons (Fsp3) is 0.676. The molecule has 24 nitrogen and oxygen atoms in total. The van der Waals surface area contributed by atoms with Gasteiger partial charge in [-0.3, -0.25) is 32.5 Å². The largest absolute Gasteiger partial charge is 0.481 e. The summed E-state index contributed by atoms with van der Waals surface area (Å²) < 4.78 is 62.4. The number of allylic oxidation sites excluding steroid dienone is 3. The number of nitrogens with zero attached hydrogens (tertiary/aromatic N) is 4. The number of aliphatic hydroxyl groups excluding tert-OH is 2. The van der Waals surface area contributed by atoms with Gasteiger partial charge in [0.1, 0.15) is 36.3 Å². The Bertz CT molecular complexity index is 2050. The van der Waals surface area contributed by atoms with Crippen LogP contribution in [-0.4, -0.2) is 123 Å². The molecule has 0 saturated carbocycles. The van der Waals surface area contributed by atoms with Crippen LogP contribution in [0, 0.1) is 5.41 Å². The van der Waals surface area contributed by atoms with E-state index < -0.39 is 84.6 Å². The molecule has 368 valence electrons. The van der Waals surface area contributed by atoms with Gasteiger partial charge in [-0.1, -0.05) is 76.4 Å². The molecule has 10 N–H and O–H groups in total. The molecule has 0 bridgehead atoms. The lowest BCUT2D eigenvalue weighted by molar-refractivity contribution is -0.137. The highest BCUT2D eigenvalue weighted by molar-refractivity contribution is 8.14. The van der Waals surface area contributed by atoms with E-state index in [1.54, 1.807) is 0 Å². The van der Waals surface area contributed by atoms with Gasteiger partial charge in [0.05, 0.1) is 19.5 Å². The lowest BCUT2D eigenvalue weighted by Gasteiger charge is -2.30. The molecule has 28 heteroatoms. The first-order valence-corrected chi connectivity index (χ1v) is 26.4. The second-order valence-electron chi connectivity index (χ2n) is 15.6. The molecule has 3 heterocycles. The second kappa shape index (κ2) is 27.1. The summed E-state index contributed by atoms with van der Waals surface area (Å²) in [4.78, 5) is 88.1. The highest BCUT2D eigenvalue weighted by atomic mass is 32.2. The Balaban J connectivity index is 1.35. The van der Waals surface area contributed by atoms with Crippen molar-refractivity contribution in [2.24, 2.45) is 5.41 Å². The Morgan fingerprint density at radius 2 is 1.58 bits per heavy atom. The van der Waals surface area contributed by atoms with E-state index in [1.807, 2.05) is 6.08 Å². The van der Waals surface area contributed by atoms with Crippen molar-refractivity contribution in [3.8, 4) is 0 Å². The van der Waals surface area contributed by atoms with Crippen LogP contribution in [0.5, 0.6) is 0 Å². The number of ether oxygens (including phenoxy) is 1. The standard InChI is InChI=1S/C37H62N7O17P3S/c1-4-5-6-7-8-9-10-11-12-13-14-15-16-17-28(46)65-21-20-39-27(45)18-19-40-35(49)32(48)37(2,3)23-58-64(55,56)61-63(53,54)57-22-26-31(60-62(50,51)52)30(47)36(59-26)44-25-43-29-33(38)41-24-42-34(29)44/h9-10,16-17,24-26,30-32,36,47-48H,4-8,11-15,18-23H2,1-3H3,(H,39,45)(H,40,49)(H,53,54)(H,55,56)(H2,38,41,42)(H2,50,51,52)/b10-9-,17-16+/t26-,30-,31-,32+,36-/m1/s1. The van der Waals surface area contributed by atoms with Gasteiger partial charge in [-0.25, -0.2) is 28.6 Å². The number of aliphatic hydroxyl groups is 2. The molecule has 2 unspecified atom stereocenters. The minimum absolute atomic E-state index is 0.0313. The number of nitrogens with one attached hydrogen (secondary N) is 2. The van der Waals surface area contributed by atoms with Crippen LogP contribution in [0.25, 0.3) is 11.2 Å².